The van der Waals surface area contributed by atoms with Crippen LogP contribution in [0.25, 0.3) is 0 Å². The summed E-state index contributed by atoms with van der Waals surface area (Å²) in [7, 11) is 0. The Labute approximate surface area is 145 Å². The number of hydrogen-bond donors (Lipinski definition) is 1. The summed E-state index contributed by atoms with van der Waals surface area (Å²) in [6.07, 6.45) is 1.65. The van der Waals surface area contributed by atoms with Gasteiger partial charge in [0.15, 0.2) is 0 Å². The van der Waals surface area contributed by atoms with Crippen molar-refractivity contribution >= 4 is 11.6 Å². The average Bonchev–Trinajstić information content (AvgIpc) is 2.67. The summed E-state index contributed by atoms with van der Waals surface area (Å²) < 4.78 is 0. The predicted octanol–water partition coefficient (Wildman–Crippen LogP) is 3.51. The summed E-state index contributed by atoms with van der Waals surface area (Å²) >= 11 is 0. The molecular weight excluding hydrogens is 314 g/mol. The lowest BCUT2D eigenvalue weighted by Gasteiger charge is -2.23. The van der Waals surface area contributed by atoms with E-state index >= 15 is 0 Å². The Bertz CT molecular complexity index is 933. The van der Waals surface area contributed by atoms with E-state index in [9.17, 15) is 9.90 Å². The van der Waals surface area contributed by atoms with E-state index in [-0.39, 0.29) is 18.2 Å². The molecule has 2 aromatic carbocycles. The number of hydrogen-bond acceptors (Lipinski definition) is 4. The molecule has 3 aromatic rings. The van der Waals surface area contributed by atoms with Gasteiger partial charge in [0.25, 0.3) is 5.91 Å². The van der Waals surface area contributed by atoms with Crippen LogP contribution in [0.4, 0.5) is 5.69 Å². The number of phenols is 1. The van der Waals surface area contributed by atoms with Gasteiger partial charge in [-0.05, 0) is 42.5 Å². The van der Waals surface area contributed by atoms with Crippen molar-refractivity contribution < 1.29 is 9.90 Å². The van der Waals surface area contributed by atoms with Crippen molar-refractivity contribution in [3.63, 3.8) is 0 Å². The Morgan fingerprint density at radius 3 is 2.60 bits per heavy atom. The van der Waals surface area contributed by atoms with Gasteiger partial charge in [-0.25, -0.2) is 0 Å². The van der Waals surface area contributed by atoms with E-state index in [2.05, 4.69) is 4.98 Å². The Morgan fingerprint density at radius 2 is 1.88 bits per heavy atom. The van der Waals surface area contributed by atoms with Gasteiger partial charge in [0.05, 0.1) is 29.6 Å². The summed E-state index contributed by atoms with van der Waals surface area (Å²) in [5, 5.41) is 19.2. The highest BCUT2D eigenvalue weighted by Crippen LogP contribution is 2.29. The first-order valence-electron chi connectivity index (χ1n) is 7.69. The van der Waals surface area contributed by atoms with Crippen LogP contribution >= 0.6 is 0 Å². The summed E-state index contributed by atoms with van der Waals surface area (Å²) in [5.41, 5.74) is 1.86. The minimum absolute atomic E-state index is 0.00298. The molecule has 0 radical (unpaired) electrons. The van der Waals surface area contributed by atoms with Crippen molar-refractivity contribution in [2.24, 2.45) is 0 Å². The van der Waals surface area contributed by atoms with Gasteiger partial charge < -0.3 is 5.11 Å². The van der Waals surface area contributed by atoms with Crippen molar-refractivity contribution in [2.75, 3.05) is 4.90 Å². The van der Waals surface area contributed by atoms with Crippen LogP contribution in [0, 0.1) is 11.3 Å². The van der Waals surface area contributed by atoms with Gasteiger partial charge in [0.2, 0.25) is 0 Å². The minimum Gasteiger partial charge on any atom is -0.506 e. The SMILES string of the molecule is N#Cc1cccc(C(=O)N(Cc2ccccn2)c2ccccc2O)c1. The predicted molar refractivity (Wildman–Crippen MR) is 94.0 cm³/mol. The molecule has 0 aliphatic rings. The molecule has 1 aromatic heterocycles. The molecule has 5 heteroatoms. The molecule has 0 aliphatic heterocycles. The fraction of sp³-hybridized carbons (Fsp3) is 0.0500. The maximum absolute atomic E-state index is 13.0. The molecule has 122 valence electrons. The summed E-state index contributed by atoms with van der Waals surface area (Å²) in [6.45, 7) is 0.202. The van der Waals surface area contributed by atoms with Crippen molar-refractivity contribution in [2.45, 2.75) is 6.54 Å². The zero-order valence-corrected chi connectivity index (χ0v) is 13.3. The summed E-state index contributed by atoms with van der Waals surface area (Å²) in [4.78, 5) is 18.8. The second-order valence-electron chi connectivity index (χ2n) is 5.39. The van der Waals surface area contributed by atoms with Gasteiger partial charge in [0, 0.05) is 11.8 Å². The van der Waals surface area contributed by atoms with Gasteiger partial charge in [-0.1, -0.05) is 24.3 Å². The third kappa shape index (κ3) is 3.65. The number of benzene rings is 2. The Morgan fingerprint density at radius 1 is 1.08 bits per heavy atom. The van der Waals surface area contributed by atoms with Gasteiger partial charge >= 0.3 is 0 Å². The molecular formula is C20H15N3O2. The first kappa shape index (κ1) is 16.2. The number of rotatable bonds is 4. The molecule has 0 saturated carbocycles. The molecule has 0 spiro atoms. The molecule has 0 atom stereocenters. The van der Waals surface area contributed by atoms with Crippen LogP contribution in [0.15, 0.2) is 72.9 Å². The Hall–Kier alpha value is -3.65. The number of nitrogens with zero attached hydrogens (tertiary/aromatic N) is 3. The molecule has 1 heterocycles. The van der Waals surface area contributed by atoms with Gasteiger partial charge in [-0.15, -0.1) is 0 Å². The highest BCUT2D eigenvalue weighted by atomic mass is 16.3. The third-order valence-electron chi connectivity index (χ3n) is 3.70. The van der Waals surface area contributed by atoms with E-state index in [1.54, 1.807) is 48.7 Å². The first-order chi connectivity index (χ1) is 12.2. The third-order valence-corrected chi connectivity index (χ3v) is 3.70. The van der Waals surface area contributed by atoms with E-state index in [4.69, 9.17) is 5.26 Å². The number of para-hydroxylation sites is 2. The molecule has 5 nitrogen and oxygen atoms in total. The molecule has 0 saturated heterocycles. The van der Waals surface area contributed by atoms with Crippen LogP contribution in [0.5, 0.6) is 5.75 Å². The molecule has 3 rings (SSSR count). The van der Waals surface area contributed by atoms with E-state index in [0.29, 0.717) is 22.5 Å². The maximum atomic E-state index is 13.0. The fourth-order valence-corrected chi connectivity index (χ4v) is 2.49. The van der Waals surface area contributed by atoms with Crippen molar-refractivity contribution in [3.8, 4) is 11.8 Å². The molecule has 0 fully saturated rings. The van der Waals surface area contributed by atoms with E-state index in [0.717, 1.165) is 0 Å². The second-order valence-corrected chi connectivity index (χ2v) is 5.39. The largest absolute Gasteiger partial charge is 0.506 e. The first-order valence-corrected chi connectivity index (χ1v) is 7.69. The zero-order valence-electron chi connectivity index (χ0n) is 13.3. The monoisotopic (exact) mass is 329 g/mol. The van der Waals surface area contributed by atoms with Crippen LogP contribution in [0.3, 0.4) is 0 Å². The van der Waals surface area contributed by atoms with E-state index < -0.39 is 0 Å². The van der Waals surface area contributed by atoms with E-state index in [1.165, 1.54) is 17.0 Å². The van der Waals surface area contributed by atoms with Crippen molar-refractivity contribution in [3.05, 3.63) is 89.7 Å². The van der Waals surface area contributed by atoms with Crippen LogP contribution in [-0.4, -0.2) is 16.0 Å². The second kappa shape index (κ2) is 7.28. The number of anilines is 1. The standard InChI is InChI=1S/C20H15N3O2/c21-13-15-6-5-7-16(12-15)20(25)23(14-17-8-3-4-11-22-17)18-9-1-2-10-19(18)24/h1-12,24H,14H2. The lowest BCUT2D eigenvalue weighted by Crippen LogP contribution is -2.30. The Balaban J connectivity index is 2.02. The van der Waals surface area contributed by atoms with Crippen molar-refractivity contribution in [1.82, 2.24) is 4.98 Å². The normalized spacial score (nSPS) is 10.0. The number of pyridine rings is 1. The lowest BCUT2D eigenvalue weighted by atomic mass is 10.1. The van der Waals surface area contributed by atoms with Crippen LogP contribution in [0.1, 0.15) is 21.6 Å². The van der Waals surface area contributed by atoms with Gasteiger partial charge in [0.1, 0.15) is 5.75 Å². The number of aromatic nitrogens is 1. The van der Waals surface area contributed by atoms with Gasteiger partial charge in [-0.2, -0.15) is 5.26 Å². The average molecular weight is 329 g/mol. The smallest absolute Gasteiger partial charge is 0.258 e. The lowest BCUT2D eigenvalue weighted by molar-refractivity contribution is 0.0984. The van der Waals surface area contributed by atoms with Crippen LogP contribution < -0.4 is 4.90 Å². The molecule has 1 N–H and O–H groups in total. The number of amides is 1. The molecule has 0 aliphatic carbocycles. The Kier molecular flexibility index (Phi) is 4.72. The van der Waals surface area contributed by atoms with Crippen molar-refractivity contribution in [1.29, 1.82) is 5.26 Å². The molecule has 1 amide bonds. The molecule has 25 heavy (non-hydrogen) atoms. The highest BCUT2D eigenvalue weighted by Gasteiger charge is 2.21. The van der Waals surface area contributed by atoms with Crippen LogP contribution in [0.2, 0.25) is 0 Å². The van der Waals surface area contributed by atoms with Gasteiger partial charge in [-0.3, -0.25) is 14.7 Å². The van der Waals surface area contributed by atoms with E-state index in [1.807, 2.05) is 18.2 Å². The highest BCUT2D eigenvalue weighted by molar-refractivity contribution is 6.06. The fourth-order valence-electron chi connectivity index (χ4n) is 2.49. The topological polar surface area (TPSA) is 77.2 Å². The van der Waals surface area contributed by atoms with Crippen LogP contribution in [-0.2, 0) is 6.54 Å². The quantitative estimate of drug-likeness (QED) is 0.794. The molecule has 0 bridgehead atoms. The number of nitriles is 1. The number of carbonyl (C=O) groups excluding carboxylic acids is 1. The summed E-state index contributed by atoms with van der Waals surface area (Å²) in [5.74, 6) is -0.313. The zero-order chi connectivity index (χ0) is 17.6. The summed E-state index contributed by atoms with van der Waals surface area (Å²) in [6, 6.07) is 20.6. The molecule has 0 unspecified atom stereocenters. The number of carbonyl (C=O) groups is 1. The number of phenolic OH excluding ortho intramolecular Hbond substituents is 1. The minimum atomic E-state index is -0.316. The number of aromatic hydroxyl groups is 1. The maximum Gasteiger partial charge on any atom is 0.258 e.